The molecule has 1 fully saturated rings. The third-order valence-electron chi connectivity index (χ3n) is 2.68. The van der Waals surface area contributed by atoms with Crippen molar-refractivity contribution in [1.82, 2.24) is 0 Å². The zero-order valence-electron chi connectivity index (χ0n) is 10.0. The van der Waals surface area contributed by atoms with Crippen molar-refractivity contribution < 1.29 is 9.47 Å². The first kappa shape index (κ1) is 12.5. The molecule has 15 heavy (non-hydrogen) atoms. The summed E-state index contributed by atoms with van der Waals surface area (Å²) >= 11 is 0. The Bertz CT molecular complexity index is 231. The lowest BCUT2D eigenvalue weighted by molar-refractivity contribution is -0.291. The van der Waals surface area contributed by atoms with E-state index in [-0.39, 0.29) is 6.10 Å². The maximum Gasteiger partial charge on any atom is 0.163 e. The van der Waals surface area contributed by atoms with E-state index >= 15 is 0 Å². The molecule has 2 atom stereocenters. The Morgan fingerprint density at radius 1 is 1.40 bits per heavy atom. The predicted molar refractivity (Wildman–Crippen MR) is 62.6 cm³/mol. The Balaban J connectivity index is 2.58. The molecule has 0 bridgehead atoms. The summed E-state index contributed by atoms with van der Waals surface area (Å²) in [4.78, 5) is 0. The number of hydrogen-bond acceptors (Lipinski definition) is 2. The van der Waals surface area contributed by atoms with Crippen LogP contribution in [0.4, 0.5) is 0 Å². The van der Waals surface area contributed by atoms with Gasteiger partial charge in [-0.15, -0.1) is 6.58 Å². The van der Waals surface area contributed by atoms with Crippen LogP contribution in [0.5, 0.6) is 0 Å². The fourth-order valence-electron chi connectivity index (χ4n) is 1.85. The highest BCUT2D eigenvalue weighted by Gasteiger charge is 2.34. The molecule has 0 aromatic heterocycles. The molecule has 0 saturated carbocycles. The van der Waals surface area contributed by atoms with Crippen LogP contribution in [0.1, 0.15) is 33.6 Å². The summed E-state index contributed by atoms with van der Waals surface area (Å²) in [6, 6.07) is 0. The summed E-state index contributed by atoms with van der Waals surface area (Å²) in [6.07, 6.45) is 8.33. The molecule has 0 radical (unpaired) electrons. The van der Waals surface area contributed by atoms with E-state index < -0.39 is 5.79 Å². The van der Waals surface area contributed by atoms with Crippen molar-refractivity contribution in [3.05, 3.63) is 24.8 Å². The summed E-state index contributed by atoms with van der Waals surface area (Å²) in [5.74, 6) is 0.00679. The van der Waals surface area contributed by atoms with Crippen LogP contribution in [0.2, 0.25) is 0 Å². The highest BCUT2D eigenvalue weighted by Crippen LogP contribution is 2.30. The summed E-state index contributed by atoms with van der Waals surface area (Å²) in [5, 5.41) is 0. The van der Waals surface area contributed by atoms with Crippen LogP contribution in [0.15, 0.2) is 24.8 Å². The Morgan fingerprint density at radius 2 is 2.13 bits per heavy atom. The van der Waals surface area contributed by atoms with Gasteiger partial charge in [0.2, 0.25) is 0 Å². The highest BCUT2D eigenvalue weighted by atomic mass is 16.7. The number of rotatable bonds is 4. The molecule has 0 N–H and O–H groups in total. The third-order valence-corrected chi connectivity index (χ3v) is 2.68. The average molecular weight is 210 g/mol. The van der Waals surface area contributed by atoms with Crippen LogP contribution in [0.25, 0.3) is 0 Å². The van der Waals surface area contributed by atoms with Gasteiger partial charge >= 0.3 is 0 Å². The minimum Gasteiger partial charge on any atom is -0.350 e. The summed E-state index contributed by atoms with van der Waals surface area (Å²) in [6.45, 7) is 10.5. The molecule has 0 aromatic carbocycles. The maximum atomic E-state index is 5.90. The van der Waals surface area contributed by atoms with Gasteiger partial charge in [0, 0.05) is 5.92 Å². The van der Waals surface area contributed by atoms with Crippen LogP contribution in [-0.2, 0) is 9.47 Å². The van der Waals surface area contributed by atoms with Crippen LogP contribution < -0.4 is 0 Å². The van der Waals surface area contributed by atoms with Crippen molar-refractivity contribution in [2.24, 2.45) is 5.92 Å². The monoisotopic (exact) mass is 210 g/mol. The summed E-state index contributed by atoms with van der Waals surface area (Å²) in [5.41, 5.74) is 0. The second-order valence-corrected chi connectivity index (χ2v) is 4.46. The molecular weight excluding hydrogens is 188 g/mol. The smallest absolute Gasteiger partial charge is 0.163 e. The molecular formula is C13H22O2. The summed E-state index contributed by atoms with van der Waals surface area (Å²) in [7, 11) is 0. The second kappa shape index (κ2) is 5.47. The van der Waals surface area contributed by atoms with Crippen molar-refractivity contribution in [2.45, 2.75) is 45.5 Å². The Labute approximate surface area is 93.0 Å². The molecule has 0 aromatic rings. The van der Waals surface area contributed by atoms with E-state index in [1.165, 1.54) is 0 Å². The topological polar surface area (TPSA) is 18.5 Å². The lowest BCUT2D eigenvalue weighted by Crippen LogP contribution is -2.45. The quantitative estimate of drug-likeness (QED) is 0.663. The van der Waals surface area contributed by atoms with Gasteiger partial charge in [-0.25, -0.2) is 0 Å². The van der Waals surface area contributed by atoms with Gasteiger partial charge < -0.3 is 9.47 Å². The first-order valence-corrected chi connectivity index (χ1v) is 5.63. The van der Waals surface area contributed by atoms with E-state index in [0.717, 1.165) is 19.4 Å². The standard InChI is InChI=1S/C13H22O2/c1-5-7-9-11-10-14-13(3,4)15-12(11)8-6-2/h5-7,11-12H,2,8-10H2,1,3-4H3/b7-5+. The molecule has 2 unspecified atom stereocenters. The molecule has 0 aliphatic carbocycles. The van der Waals surface area contributed by atoms with E-state index in [2.05, 4.69) is 18.7 Å². The first-order chi connectivity index (χ1) is 7.09. The second-order valence-electron chi connectivity index (χ2n) is 4.46. The fourth-order valence-corrected chi connectivity index (χ4v) is 1.85. The van der Waals surface area contributed by atoms with E-state index in [1.54, 1.807) is 0 Å². The zero-order chi connectivity index (χ0) is 11.3. The van der Waals surface area contributed by atoms with Gasteiger partial charge in [0.1, 0.15) is 0 Å². The molecule has 2 heteroatoms. The lowest BCUT2D eigenvalue weighted by atomic mass is 9.95. The largest absolute Gasteiger partial charge is 0.350 e. The number of allylic oxidation sites excluding steroid dienone is 2. The van der Waals surface area contributed by atoms with Crippen molar-refractivity contribution in [2.75, 3.05) is 6.61 Å². The van der Waals surface area contributed by atoms with Gasteiger partial charge in [0.15, 0.2) is 5.79 Å². The first-order valence-electron chi connectivity index (χ1n) is 5.63. The average Bonchev–Trinajstić information content (AvgIpc) is 2.16. The molecule has 2 nitrogen and oxygen atoms in total. The van der Waals surface area contributed by atoms with E-state index in [4.69, 9.17) is 9.47 Å². The van der Waals surface area contributed by atoms with Gasteiger partial charge in [-0.3, -0.25) is 0 Å². The third kappa shape index (κ3) is 3.80. The van der Waals surface area contributed by atoms with Crippen LogP contribution in [-0.4, -0.2) is 18.5 Å². The zero-order valence-corrected chi connectivity index (χ0v) is 10.0. The van der Waals surface area contributed by atoms with Crippen LogP contribution in [0.3, 0.4) is 0 Å². The Hall–Kier alpha value is -0.600. The minimum absolute atomic E-state index is 0.238. The van der Waals surface area contributed by atoms with Crippen LogP contribution in [0, 0.1) is 5.92 Å². The van der Waals surface area contributed by atoms with Crippen molar-refractivity contribution in [3.63, 3.8) is 0 Å². The number of ether oxygens (including phenoxy) is 2. The van der Waals surface area contributed by atoms with Gasteiger partial charge in [0.05, 0.1) is 12.7 Å². The molecule has 1 heterocycles. The SMILES string of the molecule is C=CCC1OC(C)(C)OCC1C/C=C/C. The normalized spacial score (nSPS) is 30.6. The minimum atomic E-state index is -0.444. The lowest BCUT2D eigenvalue weighted by Gasteiger charge is -2.40. The summed E-state index contributed by atoms with van der Waals surface area (Å²) < 4.78 is 11.6. The Kier molecular flexibility index (Phi) is 4.55. The predicted octanol–water partition coefficient (Wildman–Crippen LogP) is 3.30. The van der Waals surface area contributed by atoms with Gasteiger partial charge in [-0.2, -0.15) is 0 Å². The maximum absolute atomic E-state index is 5.90. The highest BCUT2D eigenvalue weighted by molar-refractivity contribution is 4.89. The Morgan fingerprint density at radius 3 is 2.73 bits per heavy atom. The van der Waals surface area contributed by atoms with E-state index in [0.29, 0.717) is 5.92 Å². The van der Waals surface area contributed by atoms with Gasteiger partial charge in [-0.05, 0) is 33.6 Å². The van der Waals surface area contributed by atoms with Crippen molar-refractivity contribution in [3.8, 4) is 0 Å². The molecule has 0 spiro atoms. The molecule has 1 saturated heterocycles. The molecule has 1 aliphatic rings. The fraction of sp³-hybridized carbons (Fsp3) is 0.692. The molecule has 1 rings (SSSR count). The van der Waals surface area contributed by atoms with Crippen molar-refractivity contribution >= 4 is 0 Å². The van der Waals surface area contributed by atoms with E-state index in [9.17, 15) is 0 Å². The molecule has 0 amide bonds. The molecule has 86 valence electrons. The van der Waals surface area contributed by atoms with Gasteiger partial charge in [0.25, 0.3) is 0 Å². The van der Waals surface area contributed by atoms with Crippen LogP contribution >= 0.6 is 0 Å². The van der Waals surface area contributed by atoms with E-state index in [1.807, 2.05) is 26.8 Å². The van der Waals surface area contributed by atoms with Gasteiger partial charge in [-0.1, -0.05) is 18.2 Å². The molecule has 1 aliphatic heterocycles. The number of hydrogen-bond donors (Lipinski definition) is 0. The van der Waals surface area contributed by atoms with Crippen molar-refractivity contribution in [1.29, 1.82) is 0 Å².